The van der Waals surface area contributed by atoms with Gasteiger partial charge in [0.1, 0.15) is 16.4 Å². The number of rotatable bonds is 4. The number of aliphatic hydroxyl groups is 1. The molecule has 0 aromatic carbocycles. The largest absolute Gasteiger partial charge is 0.465 e. The molecular weight excluding hydrogens is 266 g/mol. The molecule has 1 aromatic rings. The quantitative estimate of drug-likeness (QED) is 0.921. The molecule has 0 saturated heterocycles. The Morgan fingerprint density at radius 2 is 1.74 bits per heavy atom. The highest BCUT2D eigenvalue weighted by atomic mass is 32.2. The zero-order valence-corrected chi connectivity index (χ0v) is 13.3. The van der Waals surface area contributed by atoms with Crippen LogP contribution in [0.2, 0.25) is 0 Å². The molecule has 1 rings (SSSR count). The number of hydrogen-bond acceptors (Lipinski definition) is 4. The number of sulfonamides is 1. The van der Waals surface area contributed by atoms with Crippen LogP contribution in [0.1, 0.15) is 37.9 Å². The Balaban J connectivity index is 3.28. The maximum Gasteiger partial charge on any atom is 0.246 e. The first kappa shape index (κ1) is 16.2. The molecule has 5 nitrogen and oxygen atoms in total. The molecule has 0 amide bonds. The van der Waals surface area contributed by atoms with Gasteiger partial charge in [0.2, 0.25) is 10.0 Å². The second-order valence-electron chi connectivity index (χ2n) is 6.00. The average molecular weight is 289 g/mol. The Kier molecular flexibility index (Phi) is 4.49. The molecule has 19 heavy (non-hydrogen) atoms. The Hall–Kier alpha value is -0.850. The van der Waals surface area contributed by atoms with Crippen molar-refractivity contribution in [3.05, 3.63) is 17.1 Å². The minimum absolute atomic E-state index is 0.0965. The Morgan fingerprint density at radius 1 is 1.21 bits per heavy atom. The van der Waals surface area contributed by atoms with Gasteiger partial charge in [-0.3, -0.25) is 0 Å². The monoisotopic (exact) mass is 289 g/mol. The van der Waals surface area contributed by atoms with Crippen molar-refractivity contribution in [2.75, 3.05) is 13.6 Å². The van der Waals surface area contributed by atoms with E-state index in [0.29, 0.717) is 23.6 Å². The molecule has 1 N–H and O–H groups in total. The lowest BCUT2D eigenvalue weighted by Crippen LogP contribution is -2.35. The van der Waals surface area contributed by atoms with Crippen molar-refractivity contribution >= 4 is 10.0 Å². The molecule has 1 aromatic heterocycles. The summed E-state index contributed by atoms with van der Waals surface area (Å²) in [5.74, 6) is 0.769. The molecule has 0 aliphatic rings. The summed E-state index contributed by atoms with van der Waals surface area (Å²) in [7, 11) is -2.10. The van der Waals surface area contributed by atoms with Crippen LogP contribution in [0.3, 0.4) is 0 Å². The number of hydrogen-bond donors (Lipinski definition) is 1. The minimum atomic E-state index is -3.65. The summed E-state index contributed by atoms with van der Waals surface area (Å²) in [5, 5.41) is 9.35. The van der Waals surface area contributed by atoms with Crippen molar-refractivity contribution in [3.63, 3.8) is 0 Å². The van der Waals surface area contributed by atoms with Crippen molar-refractivity contribution in [2.45, 2.75) is 46.1 Å². The van der Waals surface area contributed by atoms with Gasteiger partial charge in [-0.25, -0.2) is 12.7 Å². The van der Waals surface area contributed by atoms with E-state index < -0.39 is 10.0 Å². The van der Waals surface area contributed by atoms with Crippen molar-refractivity contribution in [1.82, 2.24) is 4.31 Å². The lowest BCUT2D eigenvalue weighted by atomic mass is 9.97. The van der Waals surface area contributed by atoms with Crippen LogP contribution in [-0.4, -0.2) is 31.4 Å². The fourth-order valence-electron chi connectivity index (χ4n) is 2.14. The number of furan rings is 1. The maximum absolute atomic E-state index is 12.6. The van der Waals surface area contributed by atoms with Crippen LogP contribution in [-0.2, 0) is 16.6 Å². The molecule has 0 radical (unpaired) electrons. The fraction of sp³-hybridized carbons (Fsp3) is 0.692. The van der Waals surface area contributed by atoms with Gasteiger partial charge in [0.25, 0.3) is 0 Å². The molecule has 0 aliphatic carbocycles. The van der Waals surface area contributed by atoms with Crippen molar-refractivity contribution in [2.24, 2.45) is 5.41 Å². The molecule has 1 heterocycles. The van der Waals surface area contributed by atoms with Crippen molar-refractivity contribution in [3.8, 4) is 0 Å². The van der Waals surface area contributed by atoms with Crippen LogP contribution in [0, 0.1) is 19.3 Å². The van der Waals surface area contributed by atoms with E-state index in [2.05, 4.69) is 0 Å². The predicted octanol–water partition coefficient (Wildman–Crippen LogP) is 2.06. The highest BCUT2D eigenvalue weighted by molar-refractivity contribution is 7.89. The van der Waals surface area contributed by atoms with Gasteiger partial charge in [-0.1, -0.05) is 20.8 Å². The summed E-state index contributed by atoms with van der Waals surface area (Å²) in [6, 6.07) is 0. The van der Waals surface area contributed by atoms with Crippen LogP contribution < -0.4 is 0 Å². The van der Waals surface area contributed by atoms with Gasteiger partial charge >= 0.3 is 0 Å². The Labute approximate surface area is 115 Å². The van der Waals surface area contributed by atoms with E-state index in [4.69, 9.17) is 4.42 Å². The second-order valence-corrected chi connectivity index (χ2v) is 7.98. The van der Waals surface area contributed by atoms with Gasteiger partial charge in [0.05, 0.1) is 6.61 Å². The van der Waals surface area contributed by atoms with Gasteiger partial charge in [0.15, 0.2) is 0 Å². The van der Waals surface area contributed by atoms with Crippen LogP contribution in [0.4, 0.5) is 0 Å². The standard InChI is InChI=1S/C13H23NO4S/c1-9-11(7-15)12(10(2)18-9)19(16,17)14(6)8-13(3,4)5/h15H,7-8H2,1-6H3. The Bertz CT molecular complexity index is 552. The summed E-state index contributed by atoms with van der Waals surface area (Å²) >= 11 is 0. The lowest BCUT2D eigenvalue weighted by Gasteiger charge is -2.26. The predicted molar refractivity (Wildman–Crippen MR) is 73.4 cm³/mol. The molecule has 0 atom stereocenters. The van der Waals surface area contributed by atoms with Gasteiger partial charge in [-0.15, -0.1) is 0 Å². The number of aliphatic hydroxyl groups excluding tert-OH is 1. The van der Waals surface area contributed by atoms with Gasteiger partial charge in [0, 0.05) is 19.2 Å². The van der Waals surface area contributed by atoms with E-state index in [-0.39, 0.29) is 16.9 Å². The summed E-state index contributed by atoms with van der Waals surface area (Å²) in [6.07, 6.45) is 0. The third-order valence-electron chi connectivity index (χ3n) is 2.85. The van der Waals surface area contributed by atoms with Crippen LogP contribution in [0.25, 0.3) is 0 Å². The molecule has 0 saturated carbocycles. The van der Waals surface area contributed by atoms with E-state index >= 15 is 0 Å². The first-order chi connectivity index (χ1) is 8.50. The minimum Gasteiger partial charge on any atom is -0.465 e. The highest BCUT2D eigenvalue weighted by Gasteiger charge is 2.32. The zero-order chi connectivity index (χ0) is 15.0. The third kappa shape index (κ3) is 3.38. The maximum atomic E-state index is 12.6. The van der Waals surface area contributed by atoms with Crippen molar-refractivity contribution < 1.29 is 17.9 Å². The van der Waals surface area contributed by atoms with Crippen molar-refractivity contribution in [1.29, 1.82) is 0 Å². The molecule has 0 fully saturated rings. The number of nitrogens with zero attached hydrogens (tertiary/aromatic N) is 1. The Morgan fingerprint density at radius 3 is 2.16 bits per heavy atom. The molecule has 0 aliphatic heterocycles. The third-order valence-corrected chi connectivity index (χ3v) is 4.85. The SMILES string of the molecule is Cc1oc(C)c(S(=O)(=O)N(C)CC(C)(C)C)c1CO. The summed E-state index contributed by atoms with van der Waals surface area (Å²) in [5.41, 5.74) is 0.201. The van der Waals surface area contributed by atoms with Crippen LogP contribution >= 0.6 is 0 Å². The molecule has 0 unspecified atom stereocenters. The van der Waals surface area contributed by atoms with E-state index in [0.717, 1.165) is 0 Å². The van der Waals surface area contributed by atoms with E-state index in [1.54, 1.807) is 20.9 Å². The second kappa shape index (κ2) is 5.26. The van der Waals surface area contributed by atoms with E-state index in [9.17, 15) is 13.5 Å². The molecule has 6 heteroatoms. The summed E-state index contributed by atoms with van der Waals surface area (Å²) in [6.45, 7) is 9.22. The van der Waals surface area contributed by atoms with Crippen LogP contribution in [0.15, 0.2) is 9.31 Å². The van der Waals surface area contributed by atoms with E-state index in [1.165, 1.54) is 4.31 Å². The average Bonchev–Trinajstić information content (AvgIpc) is 2.50. The fourth-order valence-corrected chi connectivity index (χ4v) is 3.93. The van der Waals surface area contributed by atoms with Gasteiger partial charge in [-0.2, -0.15) is 0 Å². The normalized spacial score (nSPS) is 13.3. The zero-order valence-electron chi connectivity index (χ0n) is 12.4. The van der Waals surface area contributed by atoms with Gasteiger partial charge < -0.3 is 9.52 Å². The topological polar surface area (TPSA) is 70.8 Å². The highest BCUT2D eigenvalue weighted by Crippen LogP contribution is 2.30. The number of aryl methyl sites for hydroxylation is 2. The first-order valence-corrected chi connectivity index (χ1v) is 7.61. The first-order valence-electron chi connectivity index (χ1n) is 6.17. The summed E-state index contributed by atoms with van der Waals surface area (Å²) < 4.78 is 31.8. The van der Waals surface area contributed by atoms with E-state index in [1.807, 2.05) is 20.8 Å². The molecular formula is C13H23NO4S. The van der Waals surface area contributed by atoms with Gasteiger partial charge in [-0.05, 0) is 19.3 Å². The lowest BCUT2D eigenvalue weighted by molar-refractivity contribution is 0.275. The molecule has 0 bridgehead atoms. The smallest absolute Gasteiger partial charge is 0.246 e. The molecule has 110 valence electrons. The van der Waals surface area contributed by atoms with Crippen LogP contribution in [0.5, 0.6) is 0 Å². The molecule has 0 spiro atoms. The summed E-state index contributed by atoms with van der Waals surface area (Å²) in [4.78, 5) is 0.0965.